The van der Waals surface area contributed by atoms with Crippen LogP contribution in [0.5, 0.6) is 0 Å². The number of aromatic nitrogens is 4. The van der Waals surface area contributed by atoms with E-state index in [9.17, 15) is 0 Å². The van der Waals surface area contributed by atoms with E-state index in [1.807, 2.05) is 18.3 Å². The third-order valence-corrected chi connectivity index (χ3v) is 4.92. The number of anilines is 2. The summed E-state index contributed by atoms with van der Waals surface area (Å²) in [7, 11) is 0. The Labute approximate surface area is 124 Å². The van der Waals surface area contributed by atoms with Crippen LogP contribution < -0.4 is 5.32 Å². The Morgan fingerprint density at radius 3 is 3.05 bits per heavy atom. The molecule has 0 spiro atoms. The van der Waals surface area contributed by atoms with Gasteiger partial charge in [-0.05, 0) is 17.9 Å². The van der Waals surface area contributed by atoms with Crippen LogP contribution in [0.3, 0.4) is 0 Å². The molecule has 0 unspecified atom stereocenters. The highest BCUT2D eigenvalue weighted by Gasteiger charge is 2.21. The van der Waals surface area contributed by atoms with Crippen molar-refractivity contribution in [3.05, 3.63) is 30.5 Å². The summed E-state index contributed by atoms with van der Waals surface area (Å²) in [6.07, 6.45) is 1.87. The summed E-state index contributed by atoms with van der Waals surface area (Å²) < 4.78 is 1.80. The van der Waals surface area contributed by atoms with Gasteiger partial charge in [-0.25, -0.2) is 0 Å². The van der Waals surface area contributed by atoms with Crippen LogP contribution >= 0.6 is 23.5 Å². The van der Waals surface area contributed by atoms with Gasteiger partial charge >= 0.3 is 0 Å². The molecule has 1 N–H and O–H groups in total. The second kappa shape index (κ2) is 4.68. The molecule has 0 radical (unpaired) electrons. The highest BCUT2D eigenvalue weighted by molar-refractivity contribution is 7.99. The van der Waals surface area contributed by atoms with Gasteiger partial charge in [-0.1, -0.05) is 42.6 Å². The first kappa shape index (κ1) is 12.0. The van der Waals surface area contributed by atoms with Gasteiger partial charge in [0.2, 0.25) is 10.8 Å². The number of nitrogens with zero attached hydrogens (tertiary/aromatic N) is 4. The maximum atomic E-state index is 4.46. The van der Waals surface area contributed by atoms with E-state index >= 15 is 0 Å². The lowest BCUT2D eigenvalue weighted by atomic mass is 10.3. The lowest BCUT2D eigenvalue weighted by Gasteiger charge is -2.20. The standard InChI is InChI=1S/C13H11N5S2/c1-2-19-13-17-16-12-11-10(7-14-18(12)13)20-9-6-4-3-5-8(9)15-11/h3-7,15H,2H2,1H3. The van der Waals surface area contributed by atoms with E-state index in [1.165, 1.54) is 4.90 Å². The van der Waals surface area contributed by atoms with Gasteiger partial charge in [0.25, 0.3) is 0 Å². The highest BCUT2D eigenvalue weighted by Crippen LogP contribution is 2.44. The van der Waals surface area contributed by atoms with Gasteiger partial charge in [0.15, 0.2) is 0 Å². The van der Waals surface area contributed by atoms with Crippen LogP contribution in [0.4, 0.5) is 11.4 Å². The average molecular weight is 301 g/mol. The topological polar surface area (TPSA) is 55.1 Å². The minimum atomic E-state index is 0.778. The highest BCUT2D eigenvalue weighted by atomic mass is 32.2. The Morgan fingerprint density at radius 2 is 2.15 bits per heavy atom. The molecule has 5 nitrogen and oxygen atoms in total. The number of hydrogen-bond acceptors (Lipinski definition) is 6. The second-order valence-corrected chi connectivity index (χ2v) is 6.57. The van der Waals surface area contributed by atoms with E-state index in [0.717, 1.165) is 32.8 Å². The predicted octanol–water partition coefficient (Wildman–Crippen LogP) is 3.44. The number of thioether (sulfide) groups is 1. The summed E-state index contributed by atoms with van der Waals surface area (Å²) in [6, 6.07) is 8.23. The van der Waals surface area contributed by atoms with Crippen molar-refractivity contribution in [1.29, 1.82) is 0 Å². The van der Waals surface area contributed by atoms with E-state index in [4.69, 9.17) is 0 Å². The molecule has 3 aromatic rings. The Bertz CT molecular complexity index is 799. The molecule has 0 bridgehead atoms. The summed E-state index contributed by atoms with van der Waals surface area (Å²) in [6.45, 7) is 2.09. The zero-order valence-corrected chi connectivity index (χ0v) is 12.3. The van der Waals surface area contributed by atoms with Crippen LogP contribution in [-0.2, 0) is 0 Å². The van der Waals surface area contributed by atoms with Crippen LogP contribution in [0.25, 0.3) is 5.65 Å². The summed E-state index contributed by atoms with van der Waals surface area (Å²) in [4.78, 5) is 2.28. The Hall–Kier alpha value is -1.73. The molecule has 1 aliphatic rings. The minimum Gasteiger partial charge on any atom is -0.350 e. The summed E-state index contributed by atoms with van der Waals surface area (Å²) in [5.41, 5.74) is 2.87. The van der Waals surface area contributed by atoms with Crippen LogP contribution in [0.2, 0.25) is 0 Å². The minimum absolute atomic E-state index is 0.778. The summed E-state index contributed by atoms with van der Waals surface area (Å²) in [5.74, 6) is 0.949. The first-order valence-electron chi connectivity index (χ1n) is 6.28. The van der Waals surface area contributed by atoms with E-state index in [2.05, 4.69) is 39.7 Å². The predicted molar refractivity (Wildman–Crippen MR) is 81.0 cm³/mol. The van der Waals surface area contributed by atoms with E-state index in [1.54, 1.807) is 28.0 Å². The van der Waals surface area contributed by atoms with Gasteiger partial charge in [-0.2, -0.15) is 9.61 Å². The summed E-state index contributed by atoms with van der Waals surface area (Å²) in [5, 5.41) is 17.2. The van der Waals surface area contributed by atoms with Crippen molar-refractivity contribution in [3.8, 4) is 0 Å². The van der Waals surface area contributed by atoms with Gasteiger partial charge < -0.3 is 5.32 Å². The lowest BCUT2D eigenvalue weighted by molar-refractivity contribution is 0.801. The molecule has 0 atom stereocenters. The zero-order chi connectivity index (χ0) is 13.5. The van der Waals surface area contributed by atoms with Crippen LogP contribution in [-0.4, -0.2) is 25.6 Å². The largest absolute Gasteiger partial charge is 0.350 e. The van der Waals surface area contributed by atoms with Crippen molar-refractivity contribution >= 4 is 40.5 Å². The third kappa shape index (κ3) is 1.77. The Morgan fingerprint density at radius 1 is 1.25 bits per heavy atom. The molecule has 4 rings (SSSR count). The first-order valence-corrected chi connectivity index (χ1v) is 8.08. The lowest BCUT2D eigenvalue weighted by Crippen LogP contribution is -2.04. The molecule has 0 saturated carbocycles. The molecule has 1 aliphatic heterocycles. The van der Waals surface area contributed by atoms with Gasteiger partial charge in [-0.3, -0.25) is 0 Å². The van der Waals surface area contributed by atoms with Gasteiger partial charge in [-0.15, -0.1) is 10.2 Å². The van der Waals surface area contributed by atoms with Crippen molar-refractivity contribution in [1.82, 2.24) is 19.8 Å². The number of para-hydroxylation sites is 1. The SMILES string of the molecule is CCSc1nnc2c3c(cnn12)Sc1ccccc1N3. The molecule has 2 aromatic heterocycles. The molecular formula is C13H11N5S2. The third-order valence-electron chi connectivity index (χ3n) is 3.01. The number of fused-ring (bicyclic) bond motifs is 4. The molecule has 7 heteroatoms. The molecule has 1 aromatic carbocycles. The van der Waals surface area contributed by atoms with Crippen molar-refractivity contribution in [2.24, 2.45) is 0 Å². The van der Waals surface area contributed by atoms with Crippen molar-refractivity contribution in [3.63, 3.8) is 0 Å². The molecule has 20 heavy (non-hydrogen) atoms. The number of hydrogen-bond donors (Lipinski definition) is 1. The van der Waals surface area contributed by atoms with E-state index in [-0.39, 0.29) is 0 Å². The molecule has 0 saturated heterocycles. The number of rotatable bonds is 2. The fourth-order valence-electron chi connectivity index (χ4n) is 2.14. The first-order chi connectivity index (χ1) is 9.86. The maximum Gasteiger partial charge on any atom is 0.212 e. The smallest absolute Gasteiger partial charge is 0.212 e. The zero-order valence-electron chi connectivity index (χ0n) is 10.7. The second-order valence-electron chi connectivity index (χ2n) is 4.26. The molecule has 0 aliphatic carbocycles. The molecule has 3 heterocycles. The van der Waals surface area contributed by atoms with Crippen molar-refractivity contribution in [2.45, 2.75) is 21.9 Å². The fourth-order valence-corrected chi connectivity index (χ4v) is 3.71. The Kier molecular flexibility index (Phi) is 2.82. The van der Waals surface area contributed by atoms with Crippen LogP contribution in [0.15, 0.2) is 45.4 Å². The van der Waals surface area contributed by atoms with Crippen molar-refractivity contribution in [2.75, 3.05) is 11.1 Å². The average Bonchev–Trinajstić information content (AvgIpc) is 2.89. The number of nitrogens with one attached hydrogen (secondary N) is 1. The monoisotopic (exact) mass is 301 g/mol. The molecule has 0 fully saturated rings. The van der Waals surface area contributed by atoms with Gasteiger partial charge in [0.05, 0.1) is 16.8 Å². The normalized spacial score (nSPS) is 12.8. The van der Waals surface area contributed by atoms with Gasteiger partial charge in [0, 0.05) is 4.90 Å². The quantitative estimate of drug-likeness (QED) is 0.572. The van der Waals surface area contributed by atoms with Crippen molar-refractivity contribution < 1.29 is 0 Å². The van der Waals surface area contributed by atoms with Gasteiger partial charge in [0.1, 0.15) is 5.69 Å². The van der Waals surface area contributed by atoms with Crippen LogP contribution in [0.1, 0.15) is 6.92 Å². The Balaban J connectivity index is 1.88. The number of benzene rings is 1. The summed E-state index contributed by atoms with van der Waals surface area (Å²) >= 11 is 3.35. The molecular weight excluding hydrogens is 290 g/mol. The molecule has 100 valence electrons. The molecule has 0 amide bonds. The van der Waals surface area contributed by atoms with Crippen LogP contribution in [0, 0.1) is 0 Å². The van der Waals surface area contributed by atoms with E-state index < -0.39 is 0 Å². The maximum absolute atomic E-state index is 4.46. The van der Waals surface area contributed by atoms with E-state index in [0.29, 0.717) is 0 Å². The fraction of sp³-hybridized carbons (Fsp3) is 0.154.